The Morgan fingerprint density at radius 2 is 1.53 bits per heavy atom. The molecule has 0 amide bonds. The molecule has 0 saturated carbocycles. The van der Waals surface area contributed by atoms with Gasteiger partial charge in [-0.3, -0.25) is 0 Å². The van der Waals surface area contributed by atoms with Crippen LogP contribution >= 0.6 is 76.6 Å². The van der Waals surface area contributed by atoms with Gasteiger partial charge in [-0.1, -0.05) is 20.8 Å². The number of rotatable bonds is 11. The molecule has 0 fully saturated rings. The van der Waals surface area contributed by atoms with E-state index in [2.05, 4.69) is 96.9 Å². The second kappa shape index (κ2) is 46.2. The van der Waals surface area contributed by atoms with Crippen molar-refractivity contribution in [1.29, 1.82) is 5.53 Å². The number of terminal acetylenes is 2. The predicted molar refractivity (Wildman–Crippen MR) is 175 cm³/mol. The number of aliphatic hydroxyl groups excluding tert-OH is 3. The lowest BCUT2D eigenvalue weighted by molar-refractivity contribution is 0.0811. The second-order valence-corrected chi connectivity index (χ2v) is 9.57. The summed E-state index contributed by atoms with van der Waals surface area (Å²) in [4.78, 5) is 0. The number of aliphatic hydroxyl groups is 3. The van der Waals surface area contributed by atoms with Crippen molar-refractivity contribution in [1.82, 2.24) is 0 Å². The Bertz CT molecular complexity index is 587. The van der Waals surface area contributed by atoms with E-state index in [1.165, 1.54) is 0 Å². The molecular weight excluding hydrogens is 535 g/mol. The van der Waals surface area contributed by atoms with Gasteiger partial charge in [0.2, 0.25) is 15.3 Å². The molecule has 8 atom stereocenters. The van der Waals surface area contributed by atoms with Crippen molar-refractivity contribution in [2.45, 2.75) is 45.8 Å². The predicted octanol–water partition coefficient (Wildman–Crippen LogP) is 3.28. The van der Waals surface area contributed by atoms with E-state index in [0.29, 0.717) is 6.42 Å². The maximum Gasteiger partial charge on any atom is 0.210 e. The van der Waals surface area contributed by atoms with Crippen LogP contribution in [0.5, 0.6) is 0 Å². The highest BCUT2D eigenvalue weighted by molar-refractivity contribution is 8.20. The lowest BCUT2D eigenvalue weighted by atomic mass is 10.0. The third-order valence-electron chi connectivity index (χ3n) is 3.10. The lowest BCUT2D eigenvalue weighted by Gasteiger charge is -2.24. The van der Waals surface area contributed by atoms with E-state index in [4.69, 9.17) is 14.2 Å². The Morgan fingerprint density at radius 3 is 1.91 bits per heavy atom. The Morgan fingerprint density at radius 1 is 1.12 bits per heavy atom. The minimum Gasteiger partial charge on any atom is -0.396 e. The van der Waals surface area contributed by atoms with Crippen LogP contribution in [0.2, 0.25) is 0 Å². The minimum absolute atomic E-state index is 0.0436. The smallest absolute Gasteiger partial charge is 0.210 e. The average Bonchev–Trinajstić information content (AvgIpc) is 2.87. The zero-order valence-corrected chi connectivity index (χ0v) is 26.7. The zero-order valence-electron chi connectivity index (χ0n) is 26.9. The Balaban J connectivity index is -0.000000102. The molecule has 0 radical (unpaired) electrons. The van der Waals surface area contributed by atoms with Crippen LogP contribution in [0.3, 0.4) is 0 Å². The van der Waals surface area contributed by atoms with E-state index in [-0.39, 0.29) is 56.2 Å². The van der Waals surface area contributed by atoms with Gasteiger partial charge in [0.05, 0.1) is 12.2 Å². The fraction of sp³-hybridized carbons (Fsp3) is 0.789. The molecule has 192 valence electrons. The number of hydrogen-bond acceptors (Lipinski definition) is 8. The summed E-state index contributed by atoms with van der Waals surface area (Å²) in [5, 5.41) is 17.7. The molecule has 5 unspecified atom stereocenters. The standard InChI is InChI=1S/C10H19O2P.C7H12O2.2CH4S.2BH4PS/c1-5-7-10(9(3)8-11)12-13(4)6-2;1-3-4-7(9)6(2)5-8;2*1-2;2*2-1-3/h1,9-11H,6-8H2,2-4H3;1,6-9H,4-5H2,2H3;2*2H,1H3;2*1,3H,2H2/t9-,10?,13?;6-,7+;;;;/m00..../s1/i1T,6T,11T;1T,8T;;;2*1D/t6?,9-,10?,13?;m;;;;. The maximum atomic E-state index is 9.23. The number of hydrogen-bond donors (Lipinski definition) is 7. The van der Waals surface area contributed by atoms with Crippen LogP contribution in [0.4, 0.5) is 0 Å². The van der Waals surface area contributed by atoms with E-state index in [0.717, 1.165) is 0 Å². The topological polar surface area (TPSA) is 69.9 Å². The third-order valence-corrected chi connectivity index (χ3v) is 4.43. The van der Waals surface area contributed by atoms with Gasteiger partial charge in [-0.15, -0.1) is 24.6 Å². The average molecular weight is 594 g/mol. The molecule has 0 aromatic carbocycles. The van der Waals surface area contributed by atoms with Crippen molar-refractivity contribution in [3.8, 4) is 24.6 Å². The van der Waals surface area contributed by atoms with Gasteiger partial charge in [0, 0.05) is 47.4 Å². The van der Waals surface area contributed by atoms with Gasteiger partial charge in [-0.2, -0.15) is 43.5 Å². The summed E-state index contributed by atoms with van der Waals surface area (Å²) in [6, 6.07) is 0. The summed E-state index contributed by atoms with van der Waals surface area (Å²) in [5.74, 6) is 5.03. The Kier molecular flexibility index (Phi) is 43.3. The molecule has 0 saturated heterocycles. The van der Waals surface area contributed by atoms with Gasteiger partial charge in [0.25, 0.3) is 0 Å². The normalized spacial score (nSPS) is 16.5. The van der Waals surface area contributed by atoms with Gasteiger partial charge >= 0.3 is 0 Å². The first-order chi connectivity index (χ1) is 18.2. The van der Waals surface area contributed by atoms with Gasteiger partial charge < -0.3 is 19.8 Å². The molecule has 0 spiro atoms. The van der Waals surface area contributed by atoms with Crippen LogP contribution in [-0.4, -0.2) is 84.1 Å². The fourth-order valence-electron chi connectivity index (χ4n) is 1.24. The molecule has 0 bridgehead atoms. The summed E-state index contributed by atoms with van der Waals surface area (Å²) in [6.07, 6.45) is 6.54. The first kappa shape index (κ1) is 30.0. The van der Waals surface area contributed by atoms with Crippen LogP contribution in [0.15, 0.2) is 0 Å². The molecular formula is C19H47B2O4P3S4. The van der Waals surface area contributed by atoms with Crippen molar-refractivity contribution in [3.05, 3.63) is 0 Å². The van der Waals surface area contributed by atoms with E-state index in [1.807, 2.05) is 20.0 Å². The van der Waals surface area contributed by atoms with Crippen molar-refractivity contribution >= 4 is 89.1 Å². The van der Waals surface area contributed by atoms with Crippen LogP contribution in [0.1, 0.15) is 37.7 Å². The summed E-state index contributed by atoms with van der Waals surface area (Å²) in [7, 11) is 3.56. The van der Waals surface area contributed by atoms with Gasteiger partial charge in [-0.05, 0) is 28.0 Å². The summed E-state index contributed by atoms with van der Waals surface area (Å²) < 4.78 is 52.6. The molecule has 0 heterocycles. The largest absolute Gasteiger partial charge is 0.396 e. The first-order valence-corrected chi connectivity index (χ1v) is 15.2. The lowest BCUT2D eigenvalue weighted by Crippen LogP contribution is -2.22. The molecule has 4 nitrogen and oxygen atoms in total. The third kappa shape index (κ3) is 45.3. The van der Waals surface area contributed by atoms with Crippen LogP contribution in [0, 0.1) is 36.5 Å². The minimum atomic E-state index is -0.818. The van der Waals surface area contributed by atoms with Gasteiger partial charge in [0.1, 0.15) is 2.74 Å². The van der Waals surface area contributed by atoms with Crippen LogP contribution in [-0.2, 0) is 4.52 Å². The first-order valence-electron chi connectivity index (χ1n) is 12.8. The van der Waals surface area contributed by atoms with Crippen molar-refractivity contribution in [2.75, 3.05) is 38.5 Å². The monoisotopic (exact) mass is 594 g/mol. The summed E-state index contributed by atoms with van der Waals surface area (Å²) in [5.41, 5.74) is 0. The van der Waals surface area contributed by atoms with E-state index < -0.39 is 14.3 Å². The zero-order chi connectivity index (χ0) is 32.4. The van der Waals surface area contributed by atoms with Crippen LogP contribution in [0.25, 0.3) is 0 Å². The highest BCUT2D eigenvalue weighted by Gasteiger charge is 2.18. The molecule has 0 aliphatic carbocycles. The van der Waals surface area contributed by atoms with Crippen molar-refractivity contribution in [3.63, 3.8) is 0 Å². The SMILES string of the molecule is CS.CS.[2H]B(P)S.[2H]B(P)S.[3H]C#CCC(OP(C)C([3H])C)[C@@H](C)CO[3H].[3H]C#CC[C@@H](O)[C@@H](C)CO[3H]. The number of thiol groups is 4. The fourth-order valence-corrected chi connectivity index (χ4v) is 2.07. The molecule has 3 N–H and O–H groups in total. The molecule has 13 heteroatoms. The van der Waals surface area contributed by atoms with E-state index in [9.17, 15) is 5.11 Å². The molecule has 0 aromatic rings. The van der Waals surface area contributed by atoms with Crippen molar-refractivity contribution < 1.29 is 24.0 Å². The highest BCUT2D eigenvalue weighted by Crippen LogP contribution is 2.35. The Labute approximate surface area is 238 Å². The van der Waals surface area contributed by atoms with E-state index in [1.54, 1.807) is 26.4 Å². The van der Waals surface area contributed by atoms with Gasteiger partial charge in [-0.25, -0.2) is 25.0 Å². The molecule has 32 heavy (non-hydrogen) atoms. The Hall–Kier alpha value is 1.78. The molecule has 0 aromatic heterocycles. The quantitative estimate of drug-likeness (QED) is 0.0869. The maximum absolute atomic E-state index is 9.23. The molecule has 0 rings (SSSR count). The molecule has 0 aliphatic rings. The second-order valence-electron chi connectivity index (χ2n) is 5.36. The van der Waals surface area contributed by atoms with Crippen molar-refractivity contribution in [2.24, 2.45) is 11.8 Å². The summed E-state index contributed by atoms with van der Waals surface area (Å²) >= 11 is 14.2. The summed E-state index contributed by atoms with van der Waals surface area (Å²) in [6.45, 7) is 7.86. The highest BCUT2D eigenvalue weighted by atomic mass is 32.1. The van der Waals surface area contributed by atoms with E-state index >= 15 is 0 Å². The van der Waals surface area contributed by atoms with Gasteiger partial charge in [0.15, 0.2) is 0 Å². The van der Waals surface area contributed by atoms with Crippen LogP contribution < -0.4 is 0 Å². The molecule has 0 aliphatic heterocycles.